The van der Waals surface area contributed by atoms with Crippen molar-refractivity contribution in [3.8, 4) is 5.82 Å². The van der Waals surface area contributed by atoms with Crippen LogP contribution in [0.5, 0.6) is 0 Å². The molecule has 0 aliphatic rings. The van der Waals surface area contributed by atoms with Crippen LogP contribution in [-0.4, -0.2) is 14.5 Å². The van der Waals surface area contributed by atoms with Crippen LogP contribution in [0.3, 0.4) is 0 Å². The second kappa shape index (κ2) is 8.50. The van der Waals surface area contributed by atoms with Crippen molar-refractivity contribution in [2.24, 2.45) is 0 Å². The van der Waals surface area contributed by atoms with Gasteiger partial charge in [-0.1, -0.05) is 41.6 Å². The third-order valence-corrected chi connectivity index (χ3v) is 6.73. The summed E-state index contributed by atoms with van der Waals surface area (Å²) in [6.07, 6.45) is 1.71. The number of aromatic nitrogens is 3. The molecule has 0 amide bonds. The molecule has 0 bridgehead atoms. The van der Waals surface area contributed by atoms with Gasteiger partial charge in [-0.2, -0.15) is 0 Å². The van der Waals surface area contributed by atoms with Crippen LogP contribution in [0.2, 0.25) is 5.02 Å². The zero-order chi connectivity index (χ0) is 23.1. The lowest BCUT2D eigenvalue weighted by atomic mass is 10.1. The van der Waals surface area contributed by atoms with E-state index in [1.54, 1.807) is 30.5 Å². The highest BCUT2D eigenvalue weighted by atomic mass is 35.5. The molecule has 5 rings (SSSR count). The summed E-state index contributed by atoms with van der Waals surface area (Å²) in [4.78, 5) is 34.7. The molecule has 0 radical (unpaired) electrons. The first kappa shape index (κ1) is 21.4. The predicted octanol–water partition coefficient (Wildman–Crippen LogP) is 5.45. The Kier molecular flexibility index (Phi) is 5.52. The first-order chi connectivity index (χ1) is 15.9. The molecule has 8 heteroatoms. The van der Waals surface area contributed by atoms with E-state index in [4.69, 9.17) is 21.0 Å². The summed E-state index contributed by atoms with van der Waals surface area (Å²) in [6, 6.07) is 15.9. The average molecular weight is 476 g/mol. The number of aryl methyl sites for hydroxylation is 2. The Balaban J connectivity index is 1.65. The van der Waals surface area contributed by atoms with Gasteiger partial charge in [-0.3, -0.25) is 4.79 Å². The summed E-state index contributed by atoms with van der Waals surface area (Å²) >= 11 is 7.68. The van der Waals surface area contributed by atoms with Crippen molar-refractivity contribution in [2.45, 2.75) is 24.8 Å². The minimum atomic E-state index is -0.441. The number of pyridine rings is 1. The molecule has 33 heavy (non-hydrogen) atoms. The van der Waals surface area contributed by atoms with Crippen molar-refractivity contribution in [1.29, 1.82) is 0 Å². The quantitative estimate of drug-likeness (QED) is 0.195. The van der Waals surface area contributed by atoms with Crippen molar-refractivity contribution in [3.05, 3.63) is 103 Å². The van der Waals surface area contributed by atoms with Crippen LogP contribution < -0.4 is 11.2 Å². The number of rotatable bonds is 4. The molecule has 6 nitrogen and oxygen atoms in total. The molecule has 0 unspecified atom stereocenters. The van der Waals surface area contributed by atoms with E-state index >= 15 is 0 Å². The zero-order valence-electron chi connectivity index (χ0n) is 17.8. The van der Waals surface area contributed by atoms with E-state index in [1.807, 2.05) is 38.1 Å². The predicted molar refractivity (Wildman–Crippen MR) is 132 cm³/mol. The largest absolute Gasteiger partial charge is 0.423 e. The Hall–Kier alpha value is -3.42. The van der Waals surface area contributed by atoms with Gasteiger partial charge in [-0.25, -0.2) is 19.3 Å². The molecular weight excluding hydrogens is 458 g/mol. The van der Waals surface area contributed by atoms with E-state index in [9.17, 15) is 9.59 Å². The van der Waals surface area contributed by atoms with Gasteiger partial charge in [0, 0.05) is 28.4 Å². The van der Waals surface area contributed by atoms with E-state index in [2.05, 4.69) is 4.98 Å². The summed E-state index contributed by atoms with van der Waals surface area (Å²) in [5.41, 5.74) is 3.00. The van der Waals surface area contributed by atoms with Crippen molar-refractivity contribution in [3.63, 3.8) is 0 Å². The Morgan fingerprint density at radius 1 is 1.03 bits per heavy atom. The van der Waals surface area contributed by atoms with Crippen LogP contribution in [0.15, 0.2) is 80.0 Å². The Labute approximate surface area is 197 Å². The van der Waals surface area contributed by atoms with Crippen molar-refractivity contribution < 1.29 is 4.42 Å². The molecular formula is C25H18ClN3O3S. The van der Waals surface area contributed by atoms with E-state index in [0.29, 0.717) is 38.2 Å². The van der Waals surface area contributed by atoms with Gasteiger partial charge >= 0.3 is 5.63 Å². The normalized spacial score (nSPS) is 11.4. The summed E-state index contributed by atoms with van der Waals surface area (Å²) < 4.78 is 6.88. The fourth-order valence-corrected chi connectivity index (χ4v) is 4.77. The molecule has 2 aromatic carbocycles. The molecule has 0 aliphatic carbocycles. The minimum Gasteiger partial charge on any atom is -0.423 e. The topological polar surface area (TPSA) is 78.0 Å². The average Bonchev–Trinajstić information content (AvgIpc) is 2.80. The van der Waals surface area contributed by atoms with Crippen LogP contribution in [0.25, 0.3) is 27.7 Å². The number of hydrogen-bond donors (Lipinski definition) is 0. The number of para-hydroxylation sites is 1. The van der Waals surface area contributed by atoms with E-state index in [-0.39, 0.29) is 5.56 Å². The van der Waals surface area contributed by atoms with Crippen molar-refractivity contribution in [1.82, 2.24) is 14.5 Å². The third-order valence-electron chi connectivity index (χ3n) is 5.34. The Morgan fingerprint density at radius 2 is 1.85 bits per heavy atom. The van der Waals surface area contributed by atoms with Crippen LogP contribution in [0, 0.1) is 13.8 Å². The molecule has 0 N–H and O–H groups in total. The maximum absolute atomic E-state index is 13.4. The fourth-order valence-electron chi connectivity index (χ4n) is 3.61. The standard InChI is InChI=1S/C25H18ClN3O3S/c1-14-7-8-22(27-12-14)29-24(31)17-5-3-4-6-20(17)28-25(29)33-13-16-10-23(30)32-21-9-15(2)19(26)11-18(16)21/h3-12H,13H2,1-2H3. The second-order valence-corrected chi connectivity index (χ2v) is 9.07. The van der Waals surface area contributed by atoms with Crippen molar-refractivity contribution in [2.75, 3.05) is 0 Å². The van der Waals surface area contributed by atoms with Crippen molar-refractivity contribution >= 4 is 45.2 Å². The second-order valence-electron chi connectivity index (χ2n) is 7.72. The summed E-state index contributed by atoms with van der Waals surface area (Å²) in [5, 5.41) is 2.33. The third kappa shape index (κ3) is 4.05. The fraction of sp³-hybridized carbons (Fsp3) is 0.120. The number of benzene rings is 2. The lowest BCUT2D eigenvalue weighted by Gasteiger charge is -2.13. The Morgan fingerprint density at radius 3 is 2.64 bits per heavy atom. The number of nitrogens with zero attached hydrogens (tertiary/aromatic N) is 3. The van der Waals surface area contributed by atoms with E-state index in [0.717, 1.165) is 22.1 Å². The van der Waals surface area contributed by atoms with Gasteiger partial charge in [0.2, 0.25) is 0 Å². The lowest BCUT2D eigenvalue weighted by molar-refractivity contribution is 0.559. The molecule has 164 valence electrons. The molecule has 0 aliphatic heterocycles. The molecule has 3 aromatic heterocycles. The number of fused-ring (bicyclic) bond motifs is 2. The summed E-state index contributed by atoms with van der Waals surface area (Å²) in [5.74, 6) is 0.875. The highest BCUT2D eigenvalue weighted by Gasteiger charge is 2.16. The maximum atomic E-state index is 13.4. The number of hydrogen-bond acceptors (Lipinski definition) is 6. The van der Waals surface area contributed by atoms with Gasteiger partial charge in [-0.05, 0) is 60.9 Å². The lowest BCUT2D eigenvalue weighted by Crippen LogP contribution is -2.22. The van der Waals surface area contributed by atoms with Gasteiger partial charge in [0.25, 0.3) is 5.56 Å². The molecule has 0 fully saturated rings. The zero-order valence-corrected chi connectivity index (χ0v) is 19.4. The van der Waals surface area contributed by atoms with Crippen LogP contribution in [0.1, 0.15) is 16.7 Å². The highest BCUT2D eigenvalue weighted by Crippen LogP contribution is 2.30. The van der Waals surface area contributed by atoms with Gasteiger partial charge in [0.15, 0.2) is 5.16 Å². The van der Waals surface area contributed by atoms with Gasteiger partial charge in [-0.15, -0.1) is 0 Å². The van der Waals surface area contributed by atoms with Crippen LogP contribution >= 0.6 is 23.4 Å². The first-order valence-corrected chi connectivity index (χ1v) is 11.6. The van der Waals surface area contributed by atoms with Crippen LogP contribution in [-0.2, 0) is 5.75 Å². The minimum absolute atomic E-state index is 0.199. The molecule has 5 aromatic rings. The molecule has 0 saturated heterocycles. The number of halogens is 1. The first-order valence-electron chi connectivity index (χ1n) is 10.2. The van der Waals surface area contributed by atoms with Gasteiger partial charge in [0.1, 0.15) is 11.4 Å². The molecule has 0 saturated carbocycles. The van der Waals surface area contributed by atoms with Crippen LogP contribution in [0.4, 0.5) is 0 Å². The smallest absolute Gasteiger partial charge is 0.336 e. The Bertz CT molecular complexity index is 1640. The van der Waals surface area contributed by atoms with Gasteiger partial charge in [0.05, 0.1) is 10.9 Å². The van der Waals surface area contributed by atoms with E-state index in [1.165, 1.54) is 22.4 Å². The van der Waals surface area contributed by atoms with Gasteiger partial charge < -0.3 is 4.42 Å². The molecule has 3 heterocycles. The molecule has 0 spiro atoms. The monoisotopic (exact) mass is 475 g/mol. The summed E-state index contributed by atoms with van der Waals surface area (Å²) in [7, 11) is 0. The SMILES string of the molecule is Cc1ccc(-n2c(SCc3cc(=O)oc4cc(C)c(Cl)cc34)nc3ccccc3c2=O)nc1. The maximum Gasteiger partial charge on any atom is 0.336 e. The molecule has 0 atom stereocenters. The number of thioether (sulfide) groups is 1. The summed E-state index contributed by atoms with van der Waals surface area (Å²) in [6.45, 7) is 3.79. The highest BCUT2D eigenvalue weighted by molar-refractivity contribution is 7.98. The van der Waals surface area contributed by atoms with E-state index < -0.39 is 5.63 Å².